The number of nitrogens with zero attached hydrogens (tertiary/aromatic N) is 2. The number of carboxylic acid groups (broad SMARTS) is 1. The second-order valence-corrected chi connectivity index (χ2v) is 8.56. The lowest BCUT2D eigenvalue weighted by Crippen LogP contribution is -2.57. The summed E-state index contributed by atoms with van der Waals surface area (Å²) in [6, 6.07) is -0.798. The SMILES string of the molecule is COCCN(C(=O)C(CC(C)C)N(C)C(=O)OC(C)(C)C)C1(C(=O)O)CC1. The van der Waals surface area contributed by atoms with Gasteiger partial charge in [0.1, 0.15) is 17.2 Å². The van der Waals surface area contributed by atoms with E-state index in [4.69, 9.17) is 9.47 Å². The Kier molecular flexibility index (Phi) is 7.66. The predicted octanol–water partition coefficient (Wildman–Crippen LogP) is 2.36. The zero-order valence-electron chi connectivity index (χ0n) is 17.6. The molecule has 1 rings (SSSR count). The summed E-state index contributed by atoms with van der Waals surface area (Å²) in [7, 11) is 3.02. The van der Waals surface area contributed by atoms with E-state index < -0.39 is 29.2 Å². The fourth-order valence-corrected chi connectivity index (χ4v) is 2.95. The fraction of sp³-hybridized carbons (Fsp3) is 0.842. The van der Waals surface area contributed by atoms with Crippen molar-refractivity contribution >= 4 is 18.0 Å². The molecule has 0 spiro atoms. The van der Waals surface area contributed by atoms with Crippen LogP contribution in [0.1, 0.15) is 53.9 Å². The van der Waals surface area contributed by atoms with Crippen LogP contribution >= 0.6 is 0 Å². The monoisotopic (exact) mass is 386 g/mol. The summed E-state index contributed by atoms with van der Waals surface area (Å²) in [6.45, 7) is 9.56. The highest BCUT2D eigenvalue weighted by Gasteiger charge is 2.58. The van der Waals surface area contributed by atoms with E-state index in [2.05, 4.69) is 0 Å². The Morgan fingerprint density at radius 3 is 2.11 bits per heavy atom. The van der Waals surface area contributed by atoms with Crippen molar-refractivity contribution in [1.29, 1.82) is 0 Å². The van der Waals surface area contributed by atoms with Gasteiger partial charge < -0.3 is 19.5 Å². The smallest absolute Gasteiger partial charge is 0.410 e. The van der Waals surface area contributed by atoms with Crippen LogP contribution in [-0.4, -0.2) is 77.4 Å². The lowest BCUT2D eigenvalue weighted by Gasteiger charge is -2.37. The van der Waals surface area contributed by atoms with Gasteiger partial charge in [0, 0.05) is 20.7 Å². The molecule has 0 heterocycles. The molecule has 0 saturated heterocycles. The number of carbonyl (C=O) groups is 3. The first-order valence-corrected chi connectivity index (χ1v) is 9.35. The van der Waals surface area contributed by atoms with Gasteiger partial charge in [-0.1, -0.05) is 13.8 Å². The van der Waals surface area contributed by atoms with Gasteiger partial charge >= 0.3 is 12.1 Å². The average Bonchev–Trinajstić information content (AvgIpc) is 3.32. The number of aliphatic carboxylic acids is 1. The Balaban J connectivity index is 3.12. The molecule has 2 amide bonds. The molecule has 8 nitrogen and oxygen atoms in total. The number of likely N-dealkylation sites (N-methyl/N-ethyl adjacent to an activating group) is 1. The van der Waals surface area contributed by atoms with Crippen LogP contribution in [0.4, 0.5) is 4.79 Å². The normalized spacial score (nSPS) is 16.6. The molecule has 1 fully saturated rings. The molecule has 27 heavy (non-hydrogen) atoms. The van der Waals surface area contributed by atoms with E-state index in [9.17, 15) is 19.5 Å². The van der Waals surface area contributed by atoms with Gasteiger partial charge in [0.15, 0.2) is 0 Å². The quantitative estimate of drug-likeness (QED) is 0.653. The molecular weight excluding hydrogens is 352 g/mol. The maximum Gasteiger partial charge on any atom is 0.410 e. The Morgan fingerprint density at radius 2 is 1.74 bits per heavy atom. The molecule has 1 N–H and O–H groups in total. The highest BCUT2D eigenvalue weighted by Crippen LogP contribution is 2.42. The van der Waals surface area contributed by atoms with E-state index in [0.717, 1.165) is 0 Å². The Hall–Kier alpha value is -1.83. The van der Waals surface area contributed by atoms with Gasteiger partial charge in [0.25, 0.3) is 0 Å². The summed E-state index contributed by atoms with van der Waals surface area (Å²) >= 11 is 0. The summed E-state index contributed by atoms with van der Waals surface area (Å²) in [5.74, 6) is -1.27. The van der Waals surface area contributed by atoms with E-state index in [0.29, 0.717) is 19.3 Å². The van der Waals surface area contributed by atoms with Crippen molar-refractivity contribution < 1.29 is 29.0 Å². The summed E-state index contributed by atoms with van der Waals surface area (Å²) in [5, 5.41) is 9.65. The number of carboxylic acids is 1. The Bertz CT molecular complexity index is 551. The molecule has 1 aliphatic rings. The molecule has 1 aliphatic carbocycles. The number of rotatable bonds is 9. The van der Waals surface area contributed by atoms with Gasteiger partial charge in [-0.25, -0.2) is 9.59 Å². The number of amides is 2. The molecule has 0 radical (unpaired) electrons. The third-order valence-corrected chi connectivity index (χ3v) is 4.55. The van der Waals surface area contributed by atoms with Crippen molar-refractivity contribution in [3.8, 4) is 0 Å². The van der Waals surface area contributed by atoms with Crippen LogP contribution in [0.25, 0.3) is 0 Å². The third-order valence-electron chi connectivity index (χ3n) is 4.55. The van der Waals surface area contributed by atoms with E-state index >= 15 is 0 Å². The molecule has 0 aromatic rings. The molecule has 8 heteroatoms. The van der Waals surface area contributed by atoms with Crippen molar-refractivity contribution in [1.82, 2.24) is 9.80 Å². The van der Waals surface area contributed by atoms with E-state index in [1.54, 1.807) is 20.8 Å². The van der Waals surface area contributed by atoms with Gasteiger partial charge in [0.05, 0.1) is 6.61 Å². The van der Waals surface area contributed by atoms with Gasteiger partial charge in [-0.2, -0.15) is 0 Å². The minimum atomic E-state index is -1.19. The van der Waals surface area contributed by atoms with Gasteiger partial charge in [-0.3, -0.25) is 9.69 Å². The molecule has 1 atom stereocenters. The lowest BCUT2D eigenvalue weighted by molar-refractivity contribution is -0.155. The van der Waals surface area contributed by atoms with Gasteiger partial charge in [-0.05, 0) is 46.0 Å². The van der Waals surface area contributed by atoms with Crippen LogP contribution in [0.3, 0.4) is 0 Å². The first-order chi connectivity index (χ1) is 12.4. The van der Waals surface area contributed by atoms with E-state index in [1.165, 1.54) is 24.0 Å². The van der Waals surface area contributed by atoms with E-state index in [1.807, 2.05) is 13.8 Å². The zero-order valence-corrected chi connectivity index (χ0v) is 17.6. The summed E-state index contributed by atoms with van der Waals surface area (Å²) in [5.41, 5.74) is -1.88. The highest BCUT2D eigenvalue weighted by atomic mass is 16.6. The van der Waals surface area contributed by atoms with Crippen molar-refractivity contribution in [3.63, 3.8) is 0 Å². The van der Waals surface area contributed by atoms with E-state index in [-0.39, 0.29) is 25.0 Å². The largest absolute Gasteiger partial charge is 0.479 e. The third kappa shape index (κ3) is 6.09. The second kappa shape index (κ2) is 8.91. The van der Waals surface area contributed by atoms with Gasteiger partial charge in [0.2, 0.25) is 5.91 Å². The van der Waals surface area contributed by atoms with Crippen molar-refractivity contribution in [2.24, 2.45) is 5.92 Å². The minimum Gasteiger partial charge on any atom is -0.479 e. The summed E-state index contributed by atoms with van der Waals surface area (Å²) < 4.78 is 10.5. The number of ether oxygens (including phenoxy) is 2. The maximum atomic E-state index is 13.3. The molecule has 0 aromatic carbocycles. The number of hydrogen-bond acceptors (Lipinski definition) is 5. The predicted molar refractivity (Wildman–Crippen MR) is 100 cm³/mol. The first-order valence-electron chi connectivity index (χ1n) is 9.35. The van der Waals surface area contributed by atoms with Gasteiger partial charge in [-0.15, -0.1) is 0 Å². The molecular formula is C19H34N2O6. The number of carbonyl (C=O) groups excluding carboxylic acids is 2. The summed E-state index contributed by atoms with van der Waals surface area (Å²) in [6.07, 6.45) is 0.617. The van der Waals surface area contributed by atoms with Crippen LogP contribution in [-0.2, 0) is 19.1 Å². The van der Waals surface area contributed by atoms with Crippen LogP contribution in [0.2, 0.25) is 0 Å². The lowest BCUT2D eigenvalue weighted by atomic mass is 10.0. The average molecular weight is 386 g/mol. The van der Waals surface area contributed by atoms with Crippen molar-refractivity contribution in [2.45, 2.75) is 71.1 Å². The highest BCUT2D eigenvalue weighted by molar-refractivity contribution is 5.93. The minimum absolute atomic E-state index is 0.132. The molecule has 1 saturated carbocycles. The first kappa shape index (κ1) is 23.2. The van der Waals surface area contributed by atoms with Crippen LogP contribution < -0.4 is 0 Å². The number of methoxy groups -OCH3 is 1. The topological polar surface area (TPSA) is 96.4 Å². The fourth-order valence-electron chi connectivity index (χ4n) is 2.95. The molecule has 1 unspecified atom stereocenters. The van der Waals surface area contributed by atoms with Crippen molar-refractivity contribution in [3.05, 3.63) is 0 Å². The Morgan fingerprint density at radius 1 is 1.19 bits per heavy atom. The van der Waals surface area contributed by atoms with Crippen LogP contribution in [0.5, 0.6) is 0 Å². The molecule has 0 aromatic heterocycles. The number of hydrogen-bond donors (Lipinski definition) is 1. The maximum absolute atomic E-state index is 13.3. The molecule has 0 aliphatic heterocycles. The second-order valence-electron chi connectivity index (χ2n) is 8.56. The standard InChI is InChI=1S/C19H34N2O6/c1-13(2)12-14(20(6)17(25)27-18(3,4)5)15(22)21(10-11-26-7)19(8-9-19)16(23)24/h13-14H,8-12H2,1-7H3,(H,23,24). The van der Waals surface area contributed by atoms with Crippen LogP contribution in [0.15, 0.2) is 0 Å². The molecule has 156 valence electrons. The van der Waals surface area contributed by atoms with Crippen LogP contribution in [0, 0.1) is 5.92 Å². The van der Waals surface area contributed by atoms with Crippen molar-refractivity contribution in [2.75, 3.05) is 27.3 Å². The zero-order chi connectivity index (χ0) is 21.0. The summed E-state index contributed by atoms with van der Waals surface area (Å²) in [4.78, 5) is 40.3. The molecule has 0 bridgehead atoms. The Labute approximate surface area is 161 Å².